The van der Waals surface area contributed by atoms with E-state index in [4.69, 9.17) is 0 Å². The van der Waals surface area contributed by atoms with Crippen LogP contribution in [0.25, 0.3) is 0 Å². The molecule has 0 spiro atoms. The summed E-state index contributed by atoms with van der Waals surface area (Å²) in [6.07, 6.45) is -2.13. The minimum Gasteiger partial charge on any atom is -0.336 e. The van der Waals surface area contributed by atoms with Crippen molar-refractivity contribution in [2.24, 2.45) is 0 Å². The van der Waals surface area contributed by atoms with Crippen LogP contribution in [0, 0.1) is 0 Å². The largest absolute Gasteiger partial charge is 0.336 e. The molecule has 0 N–H and O–H groups in total. The van der Waals surface area contributed by atoms with Crippen molar-refractivity contribution in [2.45, 2.75) is 19.4 Å². The van der Waals surface area contributed by atoms with Crippen molar-refractivity contribution in [1.82, 2.24) is 9.80 Å². The van der Waals surface area contributed by atoms with Gasteiger partial charge in [-0.05, 0) is 17.9 Å². The van der Waals surface area contributed by atoms with Gasteiger partial charge in [0.05, 0.1) is 0 Å². The molecule has 3 nitrogen and oxygen atoms in total. The van der Waals surface area contributed by atoms with Gasteiger partial charge in [0.1, 0.15) is 0 Å². The van der Waals surface area contributed by atoms with Crippen molar-refractivity contribution >= 4 is 17.2 Å². The molecule has 100 valence electrons. The minimum atomic E-state index is -2.88. The molecule has 1 aromatic rings. The number of halogens is 2. The van der Waals surface area contributed by atoms with E-state index in [0.29, 0.717) is 19.6 Å². The molecule has 0 saturated carbocycles. The van der Waals surface area contributed by atoms with Crippen LogP contribution in [-0.2, 0) is 11.3 Å². The molecule has 1 aliphatic heterocycles. The molecule has 1 saturated heterocycles. The maximum absolute atomic E-state index is 12.3. The van der Waals surface area contributed by atoms with Gasteiger partial charge in [0, 0.05) is 37.6 Å². The van der Waals surface area contributed by atoms with Gasteiger partial charge >= 0.3 is 6.43 Å². The first-order valence-electron chi connectivity index (χ1n) is 5.98. The van der Waals surface area contributed by atoms with Crippen molar-refractivity contribution in [3.8, 4) is 0 Å². The van der Waals surface area contributed by atoms with E-state index in [0.717, 1.165) is 19.5 Å². The second kappa shape index (κ2) is 6.24. The lowest BCUT2D eigenvalue weighted by atomic mass is 10.3. The maximum atomic E-state index is 12.3. The van der Waals surface area contributed by atoms with Crippen molar-refractivity contribution in [3.63, 3.8) is 0 Å². The fourth-order valence-corrected chi connectivity index (χ4v) is 2.86. The van der Waals surface area contributed by atoms with E-state index in [9.17, 15) is 13.6 Å². The van der Waals surface area contributed by atoms with Gasteiger partial charge in [-0.3, -0.25) is 9.69 Å². The summed E-state index contributed by atoms with van der Waals surface area (Å²) in [5, 5.41) is 2.03. The summed E-state index contributed by atoms with van der Waals surface area (Å²) < 4.78 is 24.7. The van der Waals surface area contributed by atoms with Gasteiger partial charge in [0.25, 0.3) is 5.91 Å². The Morgan fingerprint density at radius 3 is 2.83 bits per heavy atom. The van der Waals surface area contributed by atoms with Crippen LogP contribution in [0.1, 0.15) is 11.3 Å². The average molecular weight is 274 g/mol. The third kappa shape index (κ3) is 3.49. The number of thiophene rings is 1. The number of hydrogen-bond donors (Lipinski definition) is 0. The van der Waals surface area contributed by atoms with Gasteiger partial charge in [-0.15, -0.1) is 11.3 Å². The Balaban J connectivity index is 1.86. The summed E-state index contributed by atoms with van der Waals surface area (Å²) in [5.41, 5.74) is 0. The monoisotopic (exact) mass is 274 g/mol. The molecule has 0 unspecified atom stereocenters. The summed E-state index contributed by atoms with van der Waals surface area (Å²) in [7, 11) is 0. The first-order valence-corrected chi connectivity index (χ1v) is 6.86. The zero-order valence-corrected chi connectivity index (χ0v) is 10.8. The molecule has 1 aromatic heterocycles. The zero-order chi connectivity index (χ0) is 13.0. The highest BCUT2D eigenvalue weighted by Crippen LogP contribution is 2.14. The third-order valence-electron chi connectivity index (χ3n) is 3.05. The van der Waals surface area contributed by atoms with Gasteiger partial charge in [0.15, 0.2) is 0 Å². The molecule has 0 bridgehead atoms. The fraction of sp³-hybridized carbons (Fsp3) is 0.583. The second-order valence-corrected chi connectivity index (χ2v) is 5.37. The molecule has 1 fully saturated rings. The highest BCUT2D eigenvalue weighted by atomic mass is 32.1. The lowest BCUT2D eigenvalue weighted by Gasteiger charge is -2.21. The molecule has 2 heterocycles. The van der Waals surface area contributed by atoms with Crippen LogP contribution < -0.4 is 0 Å². The highest BCUT2D eigenvalue weighted by Gasteiger charge is 2.25. The van der Waals surface area contributed by atoms with E-state index in [1.165, 1.54) is 9.78 Å². The summed E-state index contributed by atoms with van der Waals surface area (Å²) >= 11 is 1.69. The number of rotatable bonds is 3. The van der Waals surface area contributed by atoms with Crippen molar-refractivity contribution < 1.29 is 13.6 Å². The predicted molar refractivity (Wildman–Crippen MR) is 66.8 cm³/mol. The molecule has 1 aliphatic rings. The Labute approximate surface area is 109 Å². The van der Waals surface area contributed by atoms with Crippen molar-refractivity contribution in [2.75, 3.05) is 26.2 Å². The fourth-order valence-electron chi connectivity index (χ4n) is 2.11. The third-order valence-corrected chi connectivity index (χ3v) is 3.91. The van der Waals surface area contributed by atoms with Gasteiger partial charge in [-0.2, -0.15) is 8.78 Å². The smallest absolute Gasteiger partial charge is 0.315 e. The van der Waals surface area contributed by atoms with E-state index >= 15 is 0 Å². The summed E-state index contributed by atoms with van der Waals surface area (Å²) in [4.78, 5) is 16.0. The Bertz CT molecular complexity index is 383. The molecule has 0 aliphatic carbocycles. The number of hydrogen-bond acceptors (Lipinski definition) is 3. The van der Waals surface area contributed by atoms with Crippen LogP contribution in [0.3, 0.4) is 0 Å². The van der Waals surface area contributed by atoms with Crippen LogP contribution in [-0.4, -0.2) is 48.3 Å². The molecule has 0 aromatic carbocycles. The van der Waals surface area contributed by atoms with Crippen molar-refractivity contribution in [3.05, 3.63) is 22.4 Å². The molecular weight excluding hydrogens is 258 g/mol. The number of amides is 1. The van der Waals surface area contributed by atoms with Gasteiger partial charge < -0.3 is 4.90 Å². The topological polar surface area (TPSA) is 23.6 Å². The standard InChI is InChI=1S/C12H16F2N2OS/c13-11(14)12(17)16-5-2-4-15(6-7-16)9-10-3-1-8-18-10/h1,3,8,11H,2,4-7,9H2. The van der Waals surface area contributed by atoms with Gasteiger partial charge in [-0.25, -0.2) is 0 Å². The van der Waals surface area contributed by atoms with E-state index in [2.05, 4.69) is 11.0 Å². The Morgan fingerprint density at radius 2 is 2.17 bits per heavy atom. The summed E-state index contributed by atoms with van der Waals surface area (Å²) in [6, 6.07) is 4.07. The zero-order valence-electron chi connectivity index (χ0n) is 10.0. The summed E-state index contributed by atoms with van der Waals surface area (Å²) in [5.74, 6) is -1.03. The maximum Gasteiger partial charge on any atom is 0.315 e. The minimum absolute atomic E-state index is 0.397. The highest BCUT2D eigenvalue weighted by molar-refractivity contribution is 7.09. The normalized spacial score (nSPS) is 18.1. The van der Waals surface area contributed by atoms with E-state index in [1.807, 2.05) is 11.4 Å². The lowest BCUT2D eigenvalue weighted by molar-refractivity contribution is -0.142. The first-order chi connectivity index (χ1) is 8.66. The number of carbonyl (C=O) groups is 1. The number of carbonyl (C=O) groups excluding carboxylic acids is 1. The first kappa shape index (κ1) is 13.4. The van der Waals surface area contributed by atoms with Crippen LogP contribution >= 0.6 is 11.3 Å². The molecular formula is C12H16F2N2OS. The lowest BCUT2D eigenvalue weighted by Crippen LogP contribution is -2.38. The average Bonchev–Trinajstić information content (AvgIpc) is 2.73. The van der Waals surface area contributed by atoms with Gasteiger partial charge in [0.2, 0.25) is 0 Å². The van der Waals surface area contributed by atoms with E-state index in [1.54, 1.807) is 11.3 Å². The van der Waals surface area contributed by atoms with Crippen molar-refractivity contribution in [1.29, 1.82) is 0 Å². The molecule has 0 radical (unpaired) electrons. The van der Waals surface area contributed by atoms with E-state index in [-0.39, 0.29) is 0 Å². The molecule has 2 rings (SSSR count). The second-order valence-electron chi connectivity index (χ2n) is 4.34. The molecule has 18 heavy (non-hydrogen) atoms. The van der Waals surface area contributed by atoms with Crippen LogP contribution in [0.15, 0.2) is 17.5 Å². The van der Waals surface area contributed by atoms with Crippen LogP contribution in [0.5, 0.6) is 0 Å². The SMILES string of the molecule is O=C(C(F)F)N1CCCN(Cc2cccs2)CC1. The molecule has 0 atom stereocenters. The Morgan fingerprint density at radius 1 is 1.33 bits per heavy atom. The number of alkyl halides is 2. The van der Waals surface area contributed by atoms with Gasteiger partial charge in [-0.1, -0.05) is 6.07 Å². The Hall–Kier alpha value is -1.01. The van der Waals surface area contributed by atoms with Crippen LogP contribution in [0.4, 0.5) is 8.78 Å². The number of nitrogens with zero attached hydrogens (tertiary/aromatic N) is 2. The summed E-state index contributed by atoms with van der Waals surface area (Å²) in [6.45, 7) is 3.19. The Kier molecular flexibility index (Phi) is 4.66. The quantitative estimate of drug-likeness (QED) is 0.842. The predicted octanol–water partition coefficient (Wildman–Crippen LogP) is 2.05. The van der Waals surface area contributed by atoms with E-state index < -0.39 is 12.3 Å². The molecule has 1 amide bonds. The van der Waals surface area contributed by atoms with Crippen LogP contribution in [0.2, 0.25) is 0 Å². The molecule has 6 heteroatoms.